The van der Waals surface area contributed by atoms with Gasteiger partial charge in [0.15, 0.2) is 11.6 Å². The van der Waals surface area contributed by atoms with Crippen LogP contribution in [0.5, 0.6) is 0 Å². The third-order valence-electron chi connectivity index (χ3n) is 4.36. The van der Waals surface area contributed by atoms with E-state index in [9.17, 15) is 9.59 Å². The second kappa shape index (κ2) is 7.51. The monoisotopic (exact) mass is 382 g/mol. The molecule has 10 nitrogen and oxygen atoms in total. The fourth-order valence-corrected chi connectivity index (χ4v) is 2.93. The zero-order valence-electron chi connectivity index (χ0n) is 15.2. The minimum Gasteiger partial charge on any atom is -0.459 e. The van der Waals surface area contributed by atoms with Crippen LogP contribution < -0.4 is 5.32 Å². The van der Waals surface area contributed by atoms with Crippen LogP contribution in [0.25, 0.3) is 0 Å². The van der Waals surface area contributed by atoms with Crippen LogP contribution in [-0.2, 0) is 0 Å². The van der Waals surface area contributed by atoms with E-state index in [1.807, 2.05) is 0 Å². The predicted molar refractivity (Wildman–Crippen MR) is 97.1 cm³/mol. The Morgan fingerprint density at radius 1 is 1.04 bits per heavy atom. The number of anilines is 2. The lowest BCUT2D eigenvalue weighted by Crippen LogP contribution is -2.50. The molecule has 2 amide bonds. The molecule has 28 heavy (non-hydrogen) atoms. The van der Waals surface area contributed by atoms with Gasteiger partial charge >= 0.3 is 0 Å². The highest BCUT2D eigenvalue weighted by Crippen LogP contribution is 2.16. The highest BCUT2D eigenvalue weighted by atomic mass is 16.5. The van der Waals surface area contributed by atoms with Crippen molar-refractivity contribution >= 4 is 23.5 Å². The molecule has 0 bridgehead atoms. The number of hydrogen-bond donors (Lipinski definition) is 1. The molecule has 0 unspecified atom stereocenters. The molecular weight excluding hydrogens is 364 g/mol. The number of furan rings is 1. The van der Waals surface area contributed by atoms with Crippen molar-refractivity contribution in [2.24, 2.45) is 0 Å². The molecule has 0 aliphatic carbocycles. The van der Waals surface area contributed by atoms with Gasteiger partial charge in [-0.25, -0.2) is 9.97 Å². The van der Waals surface area contributed by atoms with Gasteiger partial charge in [0.25, 0.3) is 11.8 Å². The first-order valence-electron chi connectivity index (χ1n) is 8.74. The van der Waals surface area contributed by atoms with E-state index < -0.39 is 0 Å². The minimum absolute atomic E-state index is 0.173. The summed E-state index contributed by atoms with van der Waals surface area (Å²) in [5, 5.41) is 6.80. The summed E-state index contributed by atoms with van der Waals surface area (Å²) in [5.74, 6) is 1.52. The molecular formula is C18H18N6O4. The average Bonchev–Trinajstić information content (AvgIpc) is 3.39. The number of rotatable bonds is 4. The third-order valence-corrected chi connectivity index (χ3v) is 4.36. The standard InChI is InChI=1S/C18H18N6O4/c1-12-9-16(22-28-12)21-15-10-13(19-11-20-15)17(25)23-4-6-24(7-5-23)18(26)14-3-2-8-27-14/h2-3,8-11H,4-7H2,1H3,(H,19,20,21,22). The lowest BCUT2D eigenvalue weighted by Gasteiger charge is -2.34. The van der Waals surface area contributed by atoms with E-state index in [2.05, 4.69) is 20.4 Å². The Hall–Kier alpha value is -3.69. The maximum atomic E-state index is 12.8. The van der Waals surface area contributed by atoms with Crippen molar-refractivity contribution in [2.45, 2.75) is 6.92 Å². The van der Waals surface area contributed by atoms with Crippen molar-refractivity contribution in [1.29, 1.82) is 0 Å². The number of aromatic nitrogens is 3. The fourth-order valence-electron chi connectivity index (χ4n) is 2.93. The Balaban J connectivity index is 1.38. The summed E-state index contributed by atoms with van der Waals surface area (Å²) in [4.78, 5) is 36.6. The molecule has 144 valence electrons. The molecule has 10 heteroatoms. The summed E-state index contributed by atoms with van der Waals surface area (Å²) < 4.78 is 10.1. The number of piperazine rings is 1. The van der Waals surface area contributed by atoms with Gasteiger partial charge < -0.3 is 24.1 Å². The molecule has 1 aliphatic heterocycles. The van der Waals surface area contributed by atoms with Crippen LogP contribution in [0, 0.1) is 6.92 Å². The molecule has 4 heterocycles. The lowest BCUT2D eigenvalue weighted by atomic mass is 10.2. The second-order valence-electron chi connectivity index (χ2n) is 6.30. The van der Waals surface area contributed by atoms with Gasteiger partial charge in [-0.3, -0.25) is 9.59 Å². The minimum atomic E-state index is -0.216. The first-order valence-corrected chi connectivity index (χ1v) is 8.74. The Kier molecular flexibility index (Phi) is 4.75. The SMILES string of the molecule is Cc1cc(Nc2cc(C(=O)N3CCN(C(=O)c4ccco4)CC3)ncn2)no1. The van der Waals surface area contributed by atoms with Gasteiger partial charge in [-0.15, -0.1) is 0 Å². The first kappa shape index (κ1) is 17.7. The number of nitrogens with zero attached hydrogens (tertiary/aromatic N) is 5. The third kappa shape index (κ3) is 3.70. The van der Waals surface area contributed by atoms with Gasteiger partial charge in [-0.1, -0.05) is 5.16 Å². The quantitative estimate of drug-likeness (QED) is 0.725. The largest absolute Gasteiger partial charge is 0.459 e. The van der Waals surface area contributed by atoms with E-state index in [0.29, 0.717) is 49.3 Å². The molecule has 3 aromatic heterocycles. The highest BCUT2D eigenvalue weighted by Gasteiger charge is 2.27. The smallest absolute Gasteiger partial charge is 0.289 e. The van der Waals surface area contributed by atoms with Crippen LogP contribution in [-0.4, -0.2) is 62.9 Å². The molecule has 1 fully saturated rings. The lowest BCUT2D eigenvalue weighted by molar-refractivity contribution is 0.0515. The maximum absolute atomic E-state index is 12.8. The van der Waals surface area contributed by atoms with Crippen molar-refractivity contribution < 1.29 is 18.5 Å². The summed E-state index contributed by atoms with van der Waals surface area (Å²) in [6.07, 6.45) is 2.79. The summed E-state index contributed by atoms with van der Waals surface area (Å²) in [6.45, 7) is 3.48. The zero-order chi connectivity index (χ0) is 19.5. The molecule has 4 rings (SSSR count). The average molecular weight is 382 g/mol. The van der Waals surface area contributed by atoms with Crippen LogP contribution in [0.4, 0.5) is 11.6 Å². The van der Waals surface area contributed by atoms with Crippen molar-refractivity contribution in [3.05, 3.63) is 54.1 Å². The summed E-state index contributed by atoms with van der Waals surface area (Å²) >= 11 is 0. The number of carbonyl (C=O) groups excluding carboxylic acids is 2. The van der Waals surface area contributed by atoms with Gasteiger partial charge in [0, 0.05) is 38.3 Å². The molecule has 0 aromatic carbocycles. The highest BCUT2D eigenvalue weighted by molar-refractivity contribution is 5.94. The molecule has 0 saturated carbocycles. The van der Waals surface area contributed by atoms with E-state index in [1.54, 1.807) is 41.0 Å². The van der Waals surface area contributed by atoms with E-state index >= 15 is 0 Å². The second-order valence-corrected chi connectivity index (χ2v) is 6.30. The normalized spacial score (nSPS) is 14.2. The van der Waals surface area contributed by atoms with Crippen molar-refractivity contribution in [3.8, 4) is 0 Å². The molecule has 1 saturated heterocycles. The van der Waals surface area contributed by atoms with Gasteiger partial charge in [-0.2, -0.15) is 0 Å². The maximum Gasteiger partial charge on any atom is 0.289 e. The topological polar surface area (TPSA) is 118 Å². The first-order chi connectivity index (χ1) is 13.6. The van der Waals surface area contributed by atoms with E-state index in [0.717, 1.165) is 0 Å². The van der Waals surface area contributed by atoms with E-state index in [-0.39, 0.29) is 17.5 Å². The molecule has 3 aromatic rings. The number of aryl methyl sites for hydroxylation is 1. The number of carbonyl (C=O) groups is 2. The van der Waals surface area contributed by atoms with Crippen molar-refractivity contribution in [3.63, 3.8) is 0 Å². The van der Waals surface area contributed by atoms with E-state index in [1.165, 1.54) is 12.6 Å². The summed E-state index contributed by atoms with van der Waals surface area (Å²) in [5.41, 5.74) is 0.267. The predicted octanol–water partition coefficient (Wildman–Crippen LogP) is 1.71. The molecule has 1 N–H and O–H groups in total. The van der Waals surface area contributed by atoms with Crippen LogP contribution >= 0.6 is 0 Å². The summed E-state index contributed by atoms with van der Waals surface area (Å²) in [7, 11) is 0. The molecule has 0 atom stereocenters. The van der Waals surface area contributed by atoms with Gasteiger partial charge in [0.1, 0.15) is 23.6 Å². The van der Waals surface area contributed by atoms with Crippen LogP contribution in [0.3, 0.4) is 0 Å². The van der Waals surface area contributed by atoms with Crippen molar-refractivity contribution in [2.75, 3.05) is 31.5 Å². The van der Waals surface area contributed by atoms with Gasteiger partial charge in [0.2, 0.25) is 0 Å². The molecule has 1 aliphatic rings. The Morgan fingerprint density at radius 2 is 1.79 bits per heavy atom. The van der Waals surface area contributed by atoms with Gasteiger partial charge in [0.05, 0.1) is 6.26 Å². The Bertz CT molecular complexity index is 976. The number of hydrogen-bond acceptors (Lipinski definition) is 8. The summed E-state index contributed by atoms with van der Waals surface area (Å²) in [6, 6.07) is 6.59. The van der Waals surface area contributed by atoms with E-state index in [4.69, 9.17) is 8.94 Å². The zero-order valence-corrected chi connectivity index (χ0v) is 15.2. The van der Waals surface area contributed by atoms with Crippen LogP contribution in [0.1, 0.15) is 26.8 Å². The molecule has 0 spiro atoms. The Labute approximate surface area is 160 Å². The van der Waals surface area contributed by atoms with Crippen LogP contribution in [0.2, 0.25) is 0 Å². The molecule has 0 radical (unpaired) electrons. The van der Waals surface area contributed by atoms with Gasteiger partial charge in [-0.05, 0) is 19.1 Å². The van der Waals surface area contributed by atoms with Crippen molar-refractivity contribution in [1.82, 2.24) is 24.9 Å². The number of amides is 2. The fraction of sp³-hybridized carbons (Fsp3) is 0.278. The number of nitrogens with one attached hydrogen (secondary N) is 1. The Morgan fingerprint density at radius 3 is 2.43 bits per heavy atom. The van der Waals surface area contributed by atoms with Crippen LogP contribution in [0.15, 0.2) is 45.8 Å².